The largest absolute Gasteiger partial charge is 0.481 e. The van der Waals surface area contributed by atoms with Crippen molar-refractivity contribution in [1.29, 1.82) is 0 Å². The Morgan fingerprint density at radius 3 is 2.94 bits per heavy atom. The molecule has 0 aliphatic carbocycles. The van der Waals surface area contributed by atoms with Gasteiger partial charge in [-0.1, -0.05) is 12.1 Å². The van der Waals surface area contributed by atoms with Crippen molar-refractivity contribution in [2.75, 3.05) is 0 Å². The zero-order chi connectivity index (χ0) is 11.7. The average Bonchev–Trinajstić information content (AvgIpc) is 2.15. The third-order valence-electron chi connectivity index (χ3n) is 2.29. The van der Waals surface area contributed by atoms with Crippen molar-refractivity contribution in [1.82, 2.24) is 9.97 Å². The number of H-pyrrole nitrogens is 1. The van der Waals surface area contributed by atoms with E-state index >= 15 is 0 Å². The molecule has 82 valence electrons. The molecule has 16 heavy (non-hydrogen) atoms. The van der Waals surface area contributed by atoms with Gasteiger partial charge in [0.2, 0.25) is 0 Å². The maximum atomic E-state index is 11.2. The molecular formula is C11H10N2O3. The van der Waals surface area contributed by atoms with Crippen LogP contribution in [0.15, 0.2) is 23.0 Å². The lowest BCUT2D eigenvalue weighted by Gasteiger charge is -2.03. The molecule has 0 saturated heterocycles. The molecule has 0 unspecified atom stereocenters. The summed E-state index contributed by atoms with van der Waals surface area (Å²) in [6.07, 6.45) is -0.211. The van der Waals surface area contributed by atoms with Gasteiger partial charge in [-0.2, -0.15) is 4.98 Å². The van der Waals surface area contributed by atoms with Crippen molar-refractivity contribution in [2.24, 2.45) is 0 Å². The van der Waals surface area contributed by atoms with Crippen LogP contribution in [0.2, 0.25) is 0 Å². The van der Waals surface area contributed by atoms with Crippen LogP contribution < -0.4 is 5.69 Å². The van der Waals surface area contributed by atoms with Gasteiger partial charge < -0.3 is 10.1 Å². The fourth-order valence-electron chi connectivity index (χ4n) is 1.61. The zero-order valence-electron chi connectivity index (χ0n) is 8.65. The first-order valence-corrected chi connectivity index (χ1v) is 4.77. The minimum atomic E-state index is -0.983. The number of carbonyl (C=O) groups is 1. The van der Waals surface area contributed by atoms with E-state index in [2.05, 4.69) is 9.97 Å². The molecule has 1 heterocycles. The summed E-state index contributed by atoms with van der Waals surface area (Å²) in [5, 5.41) is 9.40. The molecule has 1 aromatic heterocycles. The Labute approximate surface area is 90.8 Å². The third-order valence-corrected chi connectivity index (χ3v) is 2.29. The summed E-state index contributed by atoms with van der Waals surface area (Å²) in [6, 6.07) is 5.38. The van der Waals surface area contributed by atoms with Gasteiger partial charge in [-0.05, 0) is 18.6 Å². The van der Waals surface area contributed by atoms with Crippen LogP contribution >= 0.6 is 0 Å². The summed E-state index contributed by atoms with van der Waals surface area (Å²) in [5.74, 6) is -0.983. The van der Waals surface area contributed by atoms with Gasteiger partial charge >= 0.3 is 11.7 Å². The highest BCUT2D eigenvalue weighted by Crippen LogP contribution is 2.15. The van der Waals surface area contributed by atoms with Gasteiger partial charge in [0, 0.05) is 11.1 Å². The Kier molecular flexibility index (Phi) is 2.44. The molecule has 0 atom stereocenters. The number of aromatic nitrogens is 2. The topological polar surface area (TPSA) is 83.0 Å². The molecular weight excluding hydrogens is 208 g/mol. The molecule has 2 N–H and O–H groups in total. The first-order chi connectivity index (χ1) is 7.56. The van der Waals surface area contributed by atoms with Gasteiger partial charge in [-0.25, -0.2) is 4.79 Å². The molecule has 0 fully saturated rings. The Morgan fingerprint density at radius 1 is 1.50 bits per heavy atom. The molecule has 0 bridgehead atoms. The minimum Gasteiger partial charge on any atom is -0.481 e. The normalized spacial score (nSPS) is 10.6. The minimum absolute atomic E-state index is 0.211. The van der Waals surface area contributed by atoms with Gasteiger partial charge in [-0.15, -0.1) is 0 Å². The van der Waals surface area contributed by atoms with Crippen LogP contribution in [0.5, 0.6) is 0 Å². The molecule has 5 heteroatoms. The van der Waals surface area contributed by atoms with Gasteiger partial charge in [0.15, 0.2) is 0 Å². The fourth-order valence-corrected chi connectivity index (χ4v) is 1.61. The highest BCUT2D eigenvalue weighted by atomic mass is 16.4. The van der Waals surface area contributed by atoms with Crippen LogP contribution in [0.4, 0.5) is 0 Å². The van der Waals surface area contributed by atoms with Gasteiger partial charge in [0.25, 0.3) is 0 Å². The number of carboxylic acids is 1. The van der Waals surface area contributed by atoms with E-state index in [9.17, 15) is 9.59 Å². The summed E-state index contributed by atoms with van der Waals surface area (Å²) in [6.45, 7) is 1.89. The monoisotopic (exact) mass is 218 g/mol. The maximum absolute atomic E-state index is 11.2. The lowest BCUT2D eigenvalue weighted by atomic mass is 10.1. The van der Waals surface area contributed by atoms with Gasteiger partial charge in [-0.3, -0.25) is 4.79 Å². The highest BCUT2D eigenvalue weighted by Gasteiger charge is 2.08. The van der Waals surface area contributed by atoms with E-state index in [0.29, 0.717) is 16.6 Å². The molecule has 2 rings (SSSR count). The van der Waals surface area contributed by atoms with E-state index in [-0.39, 0.29) is 6.42 Å². The smallest absolute Gasteiger partial charge is 0.345 e. The van der Waals surface area contributed by atoms with E-state index < -0.39 is 11.7 Å². The summed E-state index contributed by atoms with van der Waals surface area (Å²) < 4.78 is 0. The number of benzene rings is 1. The van der Waals surface area contributed by atoms with Crippen LogP contribution in [-0.2, 0) is 11.2 Å². The number of hydrogen-bond donors (Lipinski definition) is 2. The molecule has 0 aliphatic heterocycles. The van der Waals surface area contributed by atoms with Crippen molar-refractivity contribution in [3.63, 3.8) is 0 Å². The Balaban J connectivity index is 2.72. The summed E-state index contributed by atoms with van der Waals surface area (Å²) in [5.41, 5.74) is 1.38. The summed E-state index contributed by atoms with van der Waals surface area (Å²) in [4.78, 5) is 28.1. The average molecular weight is 218 g/mol. The number of fused-ring (bicyclic) bond motifs is 1. The number of nitrogens with one attached hydrogen (secondary N) is 1. The second-order valence-electron chi connectivity index (χ2n) is 3.61. The predicted molar refractivity (Wildman–Crippen MR) is 58.4 cm³/mol. The Bertz CT molecular complexity index is 616. The van der Waals surface area contributed by atoms with Crippen molar-refractivity contribution in [2.45, 2.75) is 13.3 Å². The molecule has 0 aliphatic rings. The number of hydrogen-bond acceptors (Lipinski definition) is 3. The Hall–Kier alpha value is -2.17. The highest BCUT2D eigenvalue weighted by molar-refractivity contribution is 5.84. The molecule has 0 spiro atoms. The van der Waals surface area contributed by atoms with Crippen LogP contribution in [-0.4, -0.2) is 21.0 Å². The lowest BCUT2D eigenvalue weighted by Crippen LogP contribution is -2.15. The van der Waals surface area contributed by atoms with Gasteiger partial charge in [0.05, 0.1) is 11.9 Å². The van der Waals surface area contributed by atoms with Crippen LogP contribution in [0.1, 0.15) is 11.3 Å². The van der Waals surface area contributed by atoms with Crippen LogP contribution in [0, 0.1) is 6.92 Å². The lowest BCUT2D eigenvalue weighted by molar-refractivity contribution is -0.136. The third kappa shape index (κ3) is 1.93. The molecule has 0 amide bonds. The number of carboxylic acid groups (broad SMARTS) is 1. The predicted octanol–water partition coefficient (Wildman–Crippen LogP) is 0.859. The van der Waals surface area contributed by atoms with Crippen molar-refractivity contribution >= 4 is 16.9 Å². The molecule has 0 saturated carbocycles. The number of nitrogens with zero attached hydrogens (tertiary/aromatic N) is 1. The first-order valence-electron chi connectivity index (χ1n) is 4.77. The van der Waals surface area contributed by atoms with Crippen molar-refractivity contribution < 1.29 is 9.90 Å². The molecule has 1 aromatic carbocycles. The summed E-state index contributed by atoms with van der Waals surface area (Å²) >= 11 is 0. The second kappa shape index (κ2) is 3.77. The maximum Gasteiger partial charge on any atom is 0.345 e. The quantitative estimate of drug-likeness (QED) is 0.783. The van der Waals surface area contributed by atoms with E-state index in [4.69, 9.17) is 5.11 Å². The standard InChI is InChI=1S/C11H10N2O3/c1-6-2-3-7-8(4-6)12-11(16)13-9(7)5-10(14)15/h2-4H,5H2,1H3,(H,14,15)(H,12,13,16). The first kappa shape index (κ1) is 10.4. The summed E-state index contributed by atoms with van der Waals surface area (Å²) in [7, 11) is 0. The number of rotatable bonds is 2. The van der Waals surface area contributed by atoms with Crippen LogP contribution in [0.25, 0.3) is 10.9 Å². The fraction of sp³-hybridized carbons (Fsp3) is 0.182. The zero-order valence-corrected chi connectivity index (χ0v) is 8.65. The number of aryl methyl sites for hydroxylation is 1. The SMILES string of the molecule is Cc1ccc2c(CC(=O)O)[nH]c(=O)nc2c1. The second-order valence-corrected chi connectivity index (χ2v) is 3.61. The molecule has 2 aromatic rings. The van der Waals surface area contributed by atoms with E-state index in [1.54, 1.807) is 12.1 Å². The van der Waals surface area contributed by atoms with Gasteiger partial charge in [0.1, 0.15) is 0 Å². The van der Waals surface area contributed by atoms with Crippen molar-refractivity contribution in [3.8, 4) is 0 Å². The van der Waals surface area contributed by atoms with Crippen molar-refractivity contribution in [3.05, 3.63) is 39.9 Å². The van der Waals surface area contributed by atoms with Crippen LogP contribution in [0.3, 0.4) is 0 Å². The van der Waals surface area contributed by atoms with E-state index in [1.807, 2.05) is 13.0 Å². The number of aromatic amines is 1. The molecule has 0 radical (unpaired) electrons. The van der Waals surface area contributed by atoms with E-state index in [1.165, 1.54) is 0 Å². The van der Waals surface area contributed by atoms with E-state index in [0.717, 1.165) is 5.56 Å². The molecule has 5 nitrogen and oxygen atoms in total. The number of aliphatic carboxylic acids is 1. The Morgan fingerprint density at radius 2 is 2.25 bits per heavy atom.